The Balaban J connectivity index is 1.26. The largest absolute Gasteiger partial charge is 0.483 e. The zero-order valence-electron chi connectivity index (χ0n) is 28.4. The summed E-state index contributed by atoms with van der Waals surface area (Å²) in [4.78, 5) is 52.0. The number of hydrogen-bond acceptors (Lipinski definition) is 7. The second-order valence-electron chi connectivity index (χ2n) is 13.5. The first-order chi connectivity index (χ1) is 22.6. The summed E-state index contributed by atoms with van der Waals surface area (Å²) in [7, 11) is 2.11. The molecule has 10 nitrogen and oxygen atoms in total. The van der Waals surface area contributed by atoms with Crippen LogP contribution < -0.4 is 10.1 Å². The maximum absolute atomic E-state index is 14.1. The molecule has 1 aromatic heterocycles. The van der Waals surface area contributed by atoms with E-state index in [2.05, 4.69) is 34.4 Å². The van der Waals surface area contributed by atoms with Crippen LogP contribution in [0.2, 0.25) is 0 Å². The highest BCUT2D eigenvalue weighted by Gasteiger charge is 2.41. The van der Waals surface area contributed by atoms with E-state index >= 15 is 0 Å². The summed E-state index contributed by atoms with van der Waals surface area (Å²) in [6, 6.07) is 16.2. The lowest BCUT2D eigenvalue weighted by Crippen LogP contribution is -2.59. The average Bonchev–Trinajstić information content (AvgIpc) is 3.75. The number of carbonyl (C=O) groups excluding carboxylic acids is 3. The highest BCUT2D eigenvalue weighted by atomic mass is 16.5. The third kappa shape index (κ3) is 8.60. The van der Waals surface area contributed by atoms with Crippen molar-refractivity contribution in [2.45, 2.75) is 84.0 Å². The van der Waals surface area contributed by atoms with E-state index in [9.17, 15) is 14.4 Å². The van der Waals surface area contributed by atoms with Crippen molar-refractivity contribution in [2.24, 2.45) is 5.92 Å². The van der Waals surface area contributed by atoms with Crippen molar-refractivity contribution in [2.75, 3.05) is 33.2 Å². The van der Waals surface area contributed by atoms with E-state index in [1.807, 2.05) is 50.8 Å². The number of hydrogen-bond donors (Lipinski definition) is 1. The Morgan fingerprint density at radius 1 is 1.00 bits per heavy atom. The van der Waals surface area contributed by atoms with E-state index in [0.717, 1.165) is 25.1 Å². The first-order valence-corrected chi connectivity index (χ1v) is 16.9. The number of likely N-dealkylation sites (tertiary alicyclic amines) is 1. The molecule has 2 saturated heterocycles. The molecule has 3 aromatic rings. The number of likely N-dealkylation sites (N-methyl/N-ethyl adjacent to an activating group) is 1. The molecule has 1 N–H and O–H groups in total. The Morgan fingerprint density at radius 2 is 1.74 bits per heavy atom. The second kappa shape index (κ2) is 15.6. The van der Waals surface area contributed by atoms with Gasteiger partial charge in [0.1, 0.15) is 23.6 Å². The predicted molar refractivity (Wildman–Crippen MR) is 180 cm³/mol. The van der Waals surface area contributed by atoms with E-state index in [-0.39, 0.29) is 36.3 Å². The zero-order chi connectivity index (χ0) is 33.5. The fraction of sp³-hybridized carbons (Fsp3) is 0.514. The lowest BCUT2D eigenvalue weighted by Gasteiger charge is -2.41. The summed E-state index contributed by atoms with van der Waals surface area (Å²) in [5, 5.41) is 3.00. The van der Waals surface area contributed by atoms with Crippen molar-refractivity contribution in [3.8, 4) is 5.75 Å². The summed E-state index contributed by atoms with van der Waals surface area (Å²) >= 11 is 0. The molecule has 2 aliphatic heterocycles. The van der Waals surface area contributed by atoms with Crippen LogP contribution in [-0.4, -0.2) is 88.8 Å². The number of ether oxygens (including phenoxy) is 1. The molecule has 0 unspecified atom stereocenters. The predicted octanol–water partition coefficient (Wildman–Crippen LogP) is 4.90. The van der Waals surface area contributed by atoms with Crippen molar-refractivity contribution in [1.29, 1.82) is 0 Å². The van der Waals surface area contributed by atoms with Gasteiger partial charge in [0.25, 0.3) is 5.91 Å². The summed E-state index contributed by atoms with van der Waals surface area (Å²) in [5.41, 5.74) is 1.56. The van der Waals surface area contributed by atoms with Gasteiger partial charge in [-0.15, -0.1) is 0 Å². The monoisotopic (exact) mass is 643 g/mol. The number of nitrogens with one attached hydrogen (secondary N) is 1. The molecule has 2 fully saturated rings. The Kier molecular flexibility index (Phi) is 11.3. The number of oxazole rings is 1. The van der Waals surface area contributed by atoms with Crippen LogP contribution in [0.3, 0.4) is 0 Å². The Morgan fingerprint density at radius 3 is 2.47 bits per heavy atom. The van der Waals surface area contributed by atoms with Gasteiger partial charge in [-0.3, -0.25) is 19.3 Å². The van der Waals surface area contributed by atoms with E-state index in [1.54, 1.807) is 35.4 Å². The summed E-state index contributed by atoms with van der Waals surface area (Å²) < 4.78 is 11.7. The minimum atomic E-state index is -0.775. The molecule has 10 heteroatoms. The Labute approximate surface area is 278 Å². The molecule has 0 spiro atoms. The van der Waals surface area contributed by atoms with Crippen LogP contribution in [0.15, 0.2) is 65.2 Å². The first kappa shape index (κ1) is 34.2. The number of piperazine rings is 1. The lowest BCUT2D eigenvalue weighted by molar-refractivity contribution is -0.146. The van der Waals surface area contributed by atoms with Crippen molar-refractivity contribution < 1.29 is 23.5 Å². The van der Waals surface area contributed by atoms with E-state index in [4.69, 9.17) is 9.15 Å². The molecule has 5 rings (SSSR count). The average molecular weight is 644 g/mol. The molecule has 3 amide bonds. The van der Waals surface area contributed by atoms with Gasteiger partial charge in [0.2, 0.25) is 17.7 Å². The highest BCUT2D eigenvalue weighted by Crippen LogP contribution is 2.25. The first-order valence-electron chi connectivity index (χ1n) is 16.9. The number of amides is 3. The third-order valence-corrected chi connectivity index (χ3v) is 9.16. The van der Waals surface area contributed by atoms with Gasteiger partial charge in [-0.25, -0.2) is 4.98 Å². The molecule has 3 atom stereocenters. The van der Waals surface area contributed by atoms with Gasteiger partial charge in [-0.2, -0.15) is 0 Å². The van der Waals surface area contributed by atoms with Crippen molar-refractivity contribution in [1.82, 2.24) is 25.0 Å². The van der Waals surface area contributed by atoms with E-state index in [1.165, 1.54) is 5.56 Å². The summed E-state index contributed by atoms with van der Waals surface area (Å²) in [6.07, 6.45) is 4.37. The topological polar surface area (TPSA) is 108 Å². The molecule has 0 radical (unpaired) electrons. The maximum Gasteiger partial charge on any atom is 0.255 e. The zero-order valence-corrected chi connectivity index (χ0v) is 28.4. The van der Waals surface area contributed by atoms with Gasteiger partial charge in [-0.05, 0) is 56.3 Å². The fourth-order valence-corrected chi connectivity index (χ4v) is 6.46. The standard InChI is InChI=1S/C37H49N5O5/c1-25(2)20-30(39-35(43)29-14-9-10-16-32(29)46-24-34-38-22-33(47-34)26(3)4)36(44)42-17-11-15-31(42)37(45)41-19-18-40(5)28(23-41)21-27-12-7-6-8-13-27/h6-10,12-14,16,22,25-26,28,30-31H,11,15,17-21,23-24H2,1-5H3,(H,39,43)/t28-,30+,31+/m0/s1. The number of aromatic nitrogens is 1. The van der Waals surface area contributed by atoms with Gasteiger partial charge in [-0.1, -0.05) is 70.2 Å². The van der Waals surface area contributed by atoms with Crippen molar-refractivity contribution in [3.05, 3.63) is 83.6 Å². The number of nitrogens with zero attached hydrogens (tertiary/aromatic N) is 4. The number of rotatable bonds is 12. The molecule has 2 aromatic carbocycles. The summed E-state index contributed by atoms with van der Waals surface area (Å²) in [5.74, 6) is 1.30. The van der Waals surface area contributed by atoms with Crippen LogP contribution in [0.4, 0.5) is 0 Å². The van der Waals surface area contributed by atoms with Gasteiger partial charge < -0.3 is 24.3 Å². The normalized spacial score (nSPS) is 19.3. The highest BCUT2D eigenvalue weighted by molar-refractivity contribution is 6.00. The van der Waals surface area contributed by atoms with Crippen LogP contribution in [0.25, 0.3) is 0 Å². The second-order valence-corrected chi connectivity index (χ2v) is 13.5. The molecule has 252 valence electrons. The molecule has 0 saturated carbocycles. The van der Waals surface area contributed by atoms with Gasteiger partial charge >= 0.3 is 0 Å². The van der Waals surface area contributed by atoms with Crippen molar-refractivity contribution >= 4 is 17.7 Å². The fourth-order valence-electron chi connectivity index (χ4n) is 6.46. The molecular weight excluding hydrogens is 594 g/mol. The quantitative estimate of drug-likeness (QED) is 0.299. The van der Waals surface area contributed by atoms with Crippen LogP contribution in [0.5, 0.6) is 5.75 Å². The lowest BCUT2D eigenvalue weighted by atomic mass is 10.0. The SMILES string of the molecule is CC(C)C[C@@H](NC(=O)c1ccccc1OCc1ncc(C(C)C)o1)C(=O)N1CCC[C@@H]1C(=O)N1CCN(C)[C@@H](Cc2ccccc2)C1. The molecule has 2 aliphatic rings. The van der Waals surface area contributed by atoms with Gasteiger partial charge in [0.15, 0.2) is 6.61 Å². The maximum atomic E-state index is 14.1. The molecule has 47 heavy (non-hydrogen) atoms. The van der Waals surface area contributed by atoms with Crippen LogP contribution in [0.1, 0.15) is 80.4 Å². The smallest absolute Gasteiger partial charge is 0.255 e. The minimum Gasteiger partial charge on any atom is -0.483 e. The van der Waals surface area contributed by atoms with Gasteiger partial charge in [0.05, 0.1) is 11.8 Å². The van der Waals surface area contributed by atoms with Crippen LogP contribution in [0, 0.1) is 5.92 Å². The van der Waals surface area contributed by atoms with Crippen molar-refractivity contribution in [3.63, 3.8) is 0 Å². The number of benzene rings is 2. The number of para-hydroxylation sites is 1. The Hall–Kier alpha value is -4.18. The van der Waals surface area contributed by atoms with E-state index in [0.29, 0.717) is 49.7 Å². The van der Waals surface area contributed by atoms with Gasteiger partial charge in [0, 0.05) is 38.1 Å². The molecule has 0 aliphatic carbocycles. The third-order valence-electron chi connectivity index (χ3n) is 9.16. The molecule has 0 bridgehead atoms. The Bertz CT molecular complexity index is 1510. The minimum absolute atomic E-state index is 0.00235. The molecule has 3 heterocycles. The van der Waals surface area contributed by atoms with Crippen LogP contribution in [-0.2, 0) is 22.6 Å². The van der Waals surface area contributed by atoms with Crippen LogP contribution >= 0.6 is 0 Å². The molecular formula is C37H49N5O5. The summed E-state index contributed by atoms with van der Waals surface area (Å²) in [6.45, 7) is 10.7. The van der Waals surface area contributed by atoms with E-state index < -0.39 is 18.0 Å². The number of carbonyl (C=O) groups is 3.